The number of hydrogen-bond acceptors (Lipinski definition) is 3. The molecule has 1 unspecified atom stereocenters. The van der Waals surface area contributed by atoms with Gasteiger partial charge >= 0.3 is 0 Å². The number of nitrogens with one attached hydrogen (secondary N) is 1. The minimum absolute atomic E-state index is 0.178. The molecule has 0 saturated heterocycles. The Labute approximate surface area is 149 Å². The van der Waals surface area contributed by atoms with E-state index in [1.54, 1.807) is 48.4 Å². The second-order valence-corrected chi connectivity index (χ2v) is 6.69. The van der Waals surface area contributed by atoms with Crippen LogP contribution in [0.15, 0.2) is 35.0 Å². The van der Waals surface area contributed by atoms with Gasteiger partial charge in [0, 0.05) is 13.6 Å². The minimum atomic E-state index is -0.666. The van der Waals surface area contributed by atoms with Crippen LogP contribution < -0.4 is 5.32 Å². The van der Waals surface area contributed by atoms with Gasteiger partial charge in [-0.15, -0.1) is 0 Å². The summed E-state index contributed by atoms with van der Waals surface area (Å²) in [5.41, 5.74) is 1.31. The summed E-state index contributed by atoms with van der Waals surface area (Å²) in [6, 6.07) is 6.10. The van der Waals surface area contributed by atoms with Gasteiger partial charge in [0.15, 0.2) is 0 Å². The molecule has 0 aliphatic carbocycles. The number of rotatable bonds is 5. The molecule has 1 aromatic carbocycles. The molecule has 0 fully saturated rings. The van der Waals surface area contributed by atoms with E-state index in [0.29, 0.717) is 11.6 Å². The van der Waals surface area contributed by atoms with Crippen LogP contribution in [-0.4, -0.2) is 29.8 Å². The summed E-state index contributed by atoms with van der Waals surface area (Å²) in [6.45, 7) is 2.14. The number of carbonyl (C=O) groups excluding carboxylic acids is 2. The van der Waals surface area contributed by atoms with Gasteiger partial charge in [-0.05, 0) is 41.4 Å². The predicted molar refractivity (Wildman–Crippen MR) is 94.2 cm³/mol. The first-order chi connectivity index (χ1) is 10.9. The second-order valence-electron chi connectivity index (χ2n) is 5.12. The van der Waals surface area contributed by atoms with E-state index in [1.165, 1.54) is 0 Å². The number of amides is 2. The Hall–Kier alpha value is -1.56. The summed E-state index contributed by atoms with van der Waals surface area (Å²) in [7, 11) is 1.70. The summed E-state index contributed by atoms with van der Waals surface area (Å²) in [6.07, 6.45) is 0. The Morgan fingerprint density at radius 3 is 2.70 bits per heavy atom. The molecule has 23 heavy (non-hydrogen) atoms. The van der Waals surface area contributed by atoms with Crippen LogP contribution in [0, 0.1) is 0 Å². The minimum Gasteiger partial charge on any atom is -0.340 e. The number of thiophene rings is 1. The number of likely N-dealkylation sites (N-methyl/N-ethyl adjacent to an activating group) is 1. The van der Waals surface area contributed by atoms with Gasteiger partial charge in [-0.2, -0.15) is 11.3 Å². The molecule has 2 aromatic rings. The van der Waals surface area contributed by atoms with Crippen LogP contribution in [0.2, 0.25) is 10.0 Å². The van der Waals surface area contributed by atoms with Gasteiger partial charge in [0.2, 0.25) is 5.91 Å². The maximum atomic E-state index is 12.3. The monoisotopic (exact) mass is 370 g/mol. The van der Waals surface area contributed by atoms with Gasteiger partial charge in [0.25, 0.3) is 5.91 Å². The van der Waals surface area contributed by atoms with Crippen molar-refractivity contribution in [2.45, 2.75) is 19.5 Å². The van der Waals surface area contributed by atoms with Gasteiger partial charge < -0.3 is 10.2 Å². The average Bonchev–Trinajstić information content (AvgIpc) is 3.01. The lowest BCUT2D eigenvalue weighted by atomic mass is 10.2. The van der Waals surface area contributed by atoms with Crippen LogP contribution in [0.4, 0.5) is 0 Å². The Kier molecular flexibility index (Phi) is 6.04. The van der Waals surface area contributed by atoms with Crippen molar-refractivity contribution >= 4 is 46.4 Å². The predicted octanol–water partition coefficient (Wildman–Crippen LogP) is 3.83. The molecule has 122 valence electrons. The summed E-state index contributed by atoms with van der Waals surface area (Å²) < 4.78 is 0. The van der Waals surface area contributed by atoms with E-state index in [4.69, 9.17) is 23.2 Å². The molecular weight excluding hydrogens is 355 g/mol. The number of hydrogen-bond donors (Lipinski definition) is 1. The fourth-order valence-electron chi connectivity index (χ4n) is 2.08. The summed E-state index contributed by atoms with van der Waals surface area (Å²) in [4.78, 5) is 26.2. The average molecular weight is 371 g/mol. The van der Waals surface area contributed by atoms with Crippen molar-refractivity contribution in [2.24, 2.45) is 0 Å². The SMILES string of the molecule is CC(NC(=O)c1cccc(Cl)c1Cl)C(=O)N(C)Cc1ccsc1. The van der Waals surface area contributed by atoms with Crippen molar-refractivity contribution in [3.63, 3.8) is 0 Å². The highest BCUT2D eigenvalue weighted by Gasteiger charge is 2.21. The van der Waals surface area contributed by atoms with Crippen LogP contribution in [0.3, 0.4) is 0 Å². The standard InChI is InChI=1S/C16H16Cl2N2O2S/c1-10(16(22)20(2)8-11-6-7-23-9-11)19-15(21)12-4-3-5-13(17)14(12)18/h3-7,9-10H,8H2,1-2H3,(H,19,21). The Morgan fingerprint density at radius 2 is 2.04 bits per heavy atom. The molecular formula is C16H16Cl2N2O2S. The van der Waals surface area contributed by atoms with Crippen LogP contribution in [0.5, 0.6) is 0 Å². The molecule has 7 heteroatoms. The molecule has 0 spiro atoms. The molecule has 0 aliphatic rings. The summed E-state index contributed by atoms with van der Waals surface area (Å²) in [5, 5.41) is 7.07. The third-order valence-corrected chi connectivity index (χ3v) is 4.84. The zero-order chi connectivity index (χ0) is 17.0. The molecule has 0 bridgehead atoms. The van der Waals surface area contributed by atoms with Crippen LogP contribution >= 0.6 is 34.5 Å². The molecule has 0 saturated carbocycles. The highest BCUT2D eigenvalue weighted by atomic mass is 35.5. The molecule has 1 N–H and O–H groups in total. The van der Waals surface area contributed by atoms with Crippen LogP contribution in [0.1, 0.15) is 22.8 Å². The van der Waals surface area contributed by atoms with Gasteiger partial charge in [-0.25, -0.2) is 0 Å². The van der Waals surface area contributed by atoms with Crippen molar-refractivity contribution in [1.82, 2.24) is 10.2 Å². The van der Waals surface area contributed by atoms with E-state index < -0.39 is 11.9 Å². The number of carbonyl (C=O) groups is 2. The van der Waals surface area contributed by atoms with Gasteiger partial charge in [0.05, 0.1) is 15.6 Å². The highest BCUT2D eigenvalue weighted by molar-refractivity contribution is 7.07. The van der Waals surface area contributed by atoms with Crippen molar-refractivity contribution in [3.05, 3.63) is 56.2 Å². The first-order valence-electron chi connectivity index (χ1n) is 6.91. The largest absolute Gasteiger partial charge is 0.340 e. The first kappa shape index (κ1) is 17.8. The Balaban J connectivity index is 2.00. The third-order valence-electron chi connectivity index (χ3n) is 3.29. The van der Waals surface area contributed by atoms with Gasteiger partial charge in [-0.3, -0.25) is 9.59 Å². The third kappa shape index (κ3) is 4.47. The summed E-state index contributed by atoms with van der Waals surface area (Å²) >= 11 is 13.5. The molecule has 1 aromatic heterocycles. The zero-order valence-corrected chi connectivity index (χ0v) is 15.0. The zero-order valence-electron chi connectivity index (χ0n) is 12.7. The highest BCUT2D eigenvalue weighted by Crippen LogP contribution is 2.25. The topological polar surface area (TPSA) is 49.4 Å². The van der Waals surface area contributed by atoms with Crippen LogP contribution in [-0.2, 0) is 11.3 Å². The lowest BCUT2D eigenvalue weighted by Gasteiger charge is -2.22. The van der Waals surface area contributed by atoms with Crippen molar-refractivity contribution in [1.29, 1.82) is 0 Å². The smallest absolute Gasteiger partial charge is 0.253 e. The molecule has 2 rings (SSSR count). The van der Waals surface area contributed by atoms with E-state index in [9.17, 15) is 9.59 Å². The van der Waals surface area contributed by atoms with Gasteiger partial charge in [-0.1, -0.05) is 29.3 Å². The van der Waals surface area contributed by atoms with Crippen LogP contribution in [0.25, 0.3) is 0 Å². The molecule has 1 atom stereocenters. The van der Waals surface area contributed by atoms with E-state index in [1.807, 2.05) is 16.8 Å². The van der Waals surface area contributed by atoms with E-state index >= 15 is 0 Å². The second kappa shape index (κ2) is 7.81. The molecule has 0 aliphatic heterocycles. The fourth-order valence-corrected chi connectivity index (χ4v) is 3.13. The fraction of sp³-hybridized carbons (Fsp3) is 0.250. The Bertz CT molecular complexity index is 704. The van der Waals surface area contributed by atoms with Crippen molar-refractivity contribution in [3.8, 4) is 0 Å². The number of halogens is 2. The van der Waals surface area contributed by atoms with E-state index in [0.717, 1.165) is 5.56 Å². The maximum absolute atomic E-state index is 12.3. The van der Waals surface area contributed by atoms with Crippen molar-refractivity contribution in [2.75, 3.05) is 7.05 Å². The van der Waals surface area contributed by atoms with Gasteiger partial charge in [0.1, 0.15) is 6.04 Å². The normalized spacial score (nSPS) is 11.8. The lowest BCUT2D eigenvalue weighted by molar-refractivity contribution is -0.132. The lowest BCUT2D eigenvalue weighted by Crippen LogP contribution is -2.45. The quantitative estimate of drug-likeness (QED) is 0.869. The van der Waals surface area contributed by atoms with E-state index in [-0.39, 0.29) is 16.5 Å². The first-order valence-corrected chi connectivity index (χ1v) is 8.61. The number of benzene rings is 1. The summed E-state index contributed by atoms with van der Waals surface area (Å²) in [5.74, 6) is -0.606. The van der Waals surface area contributed by atoms with Crippen molar-refractivity contribution < 1.29 is 9.59 Å². The Morgan fingerprint density at radius 1 is 1.30 bits per heavy atom. The molecule has 1 heterocycles. The molecule has 2 amide bonds. The van der Waals surface area contributed by atoms with E-state index in [2.05, 4.69) is 5.32 Å². The number of nitrogens with zero attached hydrogens (tertiary/aromatic N) is 1. The molecule has 0 radical (unpaired) electrons. The molecule has 4 nitrogen and oxygen atoms in total. The maximum Gasteiger partial charge on any atom is 0.253 e.